The van der Waals surface area contributed by atoms with Crippen LogP contribution in [0.15, 0.2) is 24.3 Å². The molecule has 1 aromatic rings. The van der Waals surface area contributed by atoms with Gasteiger partial charge in [-0.1, -0.05) is 12.1 Å². The van der Waals surface area contributed by atoms with Crippen LogP contribution in [0, 0.1) is 23.7 Å². The number of anilines is 1. The molecule has 1 amide bonds. The number of hydrogen-bond acceptors (Lipinski definition) is 4. The molecule has 5 heteroatoms. The van der Waals surface area contributed by atoms with E-state index < -0.39 is 0 Å². The maximum absolute atomic E-state index is 12.6. The summed E-state index contributed by atoms with van der Waals surface area (Å²) in [6, 6.07) is 7.31. The molecule has 5 atom stereocenters. The summed E-state index contributed by atoms with van der Waals surface area (Å²) in [5, 5.41) is 2.92. The minimum atomic E-state index is -0.258. The Kier molecular flexibility index (Phi) is 2.71. The summed E-state index contributed by atoms with van der Waals surface area (Å²) in [5.74, 6) is 0.358. The van der Waals surface area contributed by atoms with E-state index >= 15 is 0 Å². The number of carbonyl (C=O) groups excluding carboxylic acids is 2. The van der Waals surface area contributed by atoms with E-state index in [0.29, 0.717) is 11.4 Å². The van der Waals surface area contributed by atoms with E-state index in [2.05, 4.69) is 5.32 Å². The molecule has 1 N–H and O–H groups in total. The van der Waals surface area contributed by atoms with Gasteiger partial charge in [-0.15, -0.1) is 0 Å². The van der Waals surface area contributed by atoms with Gasteiger partial charge in [-0.05, 0) is 30.9 Å². The highest BCUT2D eigenvalue weighted by Gasteiger charge is 2.63. The third-order valence-corrected chi connectivity index (χ3v) is 5.15. The fraction of sp³-hybridized carbons (Fsp3) is 0.500. The summed E-state index contributed by atoms with van der Waals surface area (Å²) in [5.41, 5.74) is 0.649. The standard InChI is InChI=1S/C16H17NO4/c1-20-11-5-3-2-4-10(11)17-15(18)13-8-6-9-12(7-8)21-16(19)14(9)13/h2-5,8-9,12-14H,6-7H2,1H3,(H,17,18)/t8-,9+,12-,13+,14+/m1/s1. The molecule has 21 heavy (non-hydrogen) atoms. The van der Waals surface area contributed by atoms with Gasteiger partial charge in [-0.25, -0.2) is 0 Å². The molecule has 0 radical (unpaired) electrons. The van der Waals surface area contributed by atoms with Gasteiger partial charge < -0.3 is 14.8 Å². The predicted molar refractivity (Wildman–Crippen MR) is 74.7 cm³/mol. The van der Waals surface area contributed by atoms with Gasteiger partial charge in [0.15, 0.2) is 0 Å². The molecule has 2 aliphatic carbocycles. The van der Waals surface area contributed by atoms with E-state index in [4.69, 9.17) is 9.47 Å². The Morgan fingerprint density at radius 3 is 2.95 bits per heavy atom. The van der Waals surface area contributed by atoms with E-state index in [1.54, 1.807) is 19.2 Å². The highest BCUT2D eigenvalue weighted by molar-refractivity contribution is 5.97. The summed E-state index contributed by atoms with van der Waals surface area (Å²) in [6.07, 6.45) is 1.82. The molecule has 1 heterocycles. The lowest BCUT2D eigenvalue weighted by Gasteiger charge is -2.23. The van der Waals surface area contributed by atoms with Gasteiger partial charge in [0.05, 0.1) is 24.6 Å². The molecule has 0 aromatic heterocycles. The average Bonchev–Trinajstić information content (AvgIpc) is 3.09. The quantitative estimate of drug-likeness (QED) is 0.861. The van der Waals surface area contributed by atoms with Crippen LogP contribution in [0.2, 0.25) is 0 Å². The van der Waals surface area contributed by atoms with Crippen LogP contribution in [0.3, 0.4) is 0 Å². The van der Waals surface area contributed by atoms with Crippen LogP contribution in [0.4, 0.5) is 5.69 Å². The van der Waals surface area contributed by atoms with Gasteiger partial charge >= 0.3 is 5.97 Å². The van der Waals surface area contributed by atoms with Crippen LogP contribution in [-0.2, 0) is 14.3 Å². The van der Waals surface area contributed by atoms with Crippen molar-refractivity contribution in [3.8, 4) is 5.75 Å². The highest BCUT2D eigenvalue weighted by Crippen LogP contribution is 2.57. The molecule has 1 saturated heterocycles. The van der Waals surface area contributed by atoms with Gasteiger partial charge in [0, 0.05) is 5.92 Å². The molecule has 1 aromatic carbocycles. The van der Waals surface area contributed by atoms with E-state index in [9.17, 15) is 9.59 Å². The zero-order valence-corrected chi connectivity index (χ0v) is 11.7. The zero-order valence-electron chi connectivity index (χ0n) is 11.7. The number of benzene rings is 1. The molecular formula is C16H17NO4. The number of carbonyl (C=O) groups is 2. The maximum atomic E-state index is 12.6. The lowest BCUT2D eigenvalue weighted by atomic mass is 9.79. The number of rotatable bonds is 3. The fourth-order valence-electron chi connectivity index (χ4n) is 4.33. The summed E-state index contributed by atoms with van der Waals surface area (Å²) in [4.78, 5) is 24.6. The van der Waals surface area contributed by atoms with Crippen molar-refractivity contribution in [1.29, 1.82) is 0 Å². The molecular weight excluding hydrogens is 270 g/mol. The molecule has 3 aliphatic rings. The van der Waals surface area contributed by atoms with Crippen LogP contribution in [0.5, 0.6) is 5.75 Å². The Balaban J connectivity index is 1.57. The van der Waals surface area contributed by atoms with Crippen molar-refractivity contribution in [3.05, 3.63) is 24.3 Å². The second kappa shape index (κ2) is 4.48. The second-order valence-corrected chi connectivity index (χ2v) is 6.11. The molecule has 4 rings (SSSR count). The first-order chi connectivity index (χ1) is 10.2. The monoisotopic (exact) mass is 287 g/mol. The zero-order chi connectivity index (χ0) is 14.6. The number of hydrogen-bond donors (Lipinski definition) is 1. The van der Waals surface area contributed by atoms with Crippen molar-refractivity contribution >= 4 is 17.6 Å². The number of ether oxygens (including phenoxy) is 2. The third kappa shape index (κ3) is 1.76. The van der Waals surface area contributed by atoms with E-state index in [1.807, 2.05) is 12.1 Å². The molecule has 5 nitrogen and oxygen atoms in total. The van der Waals surface area contributed by atoms with E-state index in [0.717, 1.165) is 12.8 Å². The molecule has 2 saturated carbocycles. The Bertz CT molecular complexity index is 612. The topological polar surface area (TPSA) is 64.6 Å². The van der Waals surface area contributed by atoms with E-state index in [-0.39, 0.29) is 41.7 Å². The lowest BCUT2D eigenvalue weighted by Crippen LogP contribution is -2.35. The Labute approximate surface area is 122 Å². The SMILES string of the molecule is COc1ccccc1NC(=O)[C@H]1[C@@H]2C[C@@H]3[C@@H]1C(=O)O[C@@H]3C2. The fourth-order valence-corrected chi connectivity index (χ4v) is 4.33. The smallest absolute Gasteiger partial charge is 0.310 e. The Morgan fingerprint density at radius 1 is 1.33 bits per heavy atom. The first-order valence-corrected chi connectivity index (χ1v) is 7.33. The number of para-hydroxylation sites is 2. The van der Waals surface area contributed by atoms with Crippen molar-refractivity contribution < 1.29 is 19.1 Å². The number of amides is 1. The van der Waals surface area contributed by atoms with Crippen molar-refractivity contribution in [2.75, 3.05) is 12.4 Å². The minimum absolute atomic E-state index is 0.0582. The molecule has 0 unspecified atom stereocenters. The molecule has 0 spiro atoms. The summed E-state index contributed by atoms with van der Waals surface area (Å²) < 4.78 is 10.6. The van der Waals surface area contributed by atoms with E-state index in [1.165, 1.54) is 0 Å². The van der Waals surface area contributed by atoms with Crippen LogP contribution in [-0.4, -0.2) is 25.1 Å². The number of esters is 1. The molecule has 2 bridgehead atoms. The summed E-state index contributed by atoms with van der Waals surface area (Å²) in [7, 11) is 1.57. The Hall–Kier alpha value is -2.04. The van der Waals surface area contributed by atoms with Crippen molar-refractivity contribution in [1.82, 2.24) is 0 Å². The highest BCUT2D eigenvalue weighted by atomic mass is 16.6. The van der Waals surface area contributed by atoms with Crippen LogP contribution in [0.25, 0.3) is 0 Å². The first kappa shape index (κ1) is 12.7. The number of nitrogens with one attached hydrogen (secondary N) is 1. The van der Waals surface area contributed by atoms with Gasteiger partial charge in [-0.2, -0.15) is 0 Å². The van der Waals surface area contributed by atoms with Crippen LogP contribution < -0.4 is 10.1 Å². The number of fused-ring (bicyclic) bond motifs is 1. The summed E-state index contributed by atoms with van der Waals surface area (Å²) >= 11 is 0. The minimum Gasteiger partial charge on any atom is -0.495 e. The largest absolute Gasteiger partial charge is 0.495 e. The van der Waals surface area contributed by atoms with Gasteiger partial charge in [0.2, 0.25) is 5.91 Å². The normalized spacial score (nSPS) is 35.7. The average molecular weight is 287 g/mol. The third-order valence-electron chi connectivity index (χ3n) is 5.15. The first-order valence-electron chi connectivity index (χ1n) is 7.33. The van der Waals surface area contributed by atoms with Crippen LogP contribution >= 0.6 is 0 Å². The van der Waals surface area contributed by atoms with Gasteiger partial charge in [0.25, 0.3) is 0 Å². The molecule has 1 aliphatic heterocycles. The predicted octanol–water partition coefficient (Wildman–Crippen LogP) is 1.83. The second-order valence-electron chi connectivity index (χ2n) is 6.11. The Morgan fingerprint density at radius 2 is 2.14 bits per heavy atom. The molecule has 110 valence electrons. The molecule has 3 fully saturated rings. The van der Waals surface area contributed by atoms with Crippen molar-refractivity contribution in [3.63, 3.8) is 0 Å². The van der Waals surface area contributed by atoms with Gasteiger partial charge in [-0.3, -0.25) is 9.59 Å². The van der Waals surface area contributed by atoms with Crippen LogP contribution in [0.1, 0.15) is 12.8 Å². The maximum Gasteiger partial charge on any atom is 0.310 e. The number of methoxy groups -OCH3 is 1. The van der Waals surface area contributed by atoms with Crippen molar-refractivity contribution in [2.24, 2.45) is 23.7 Å². The van der Waals surface area contributed by atoms with Gasteiger partial charge in [0.1, 0.15) is 11.9 Å². The lowest BCUT2D eigenvalue weighted by molar-refractivity contribution is -0.145. The summed E-state index contributed by atoms with van der Waals surface area (Å²) in [6.45, 7) is 0. The van der Waals surface area contributed by atoms with Crippen molar-refractivity contribution in [2.45, 2.75) is 18.9 Å².